The van der Waals surface area contributed by atoms with Gasteiger partial charge in [0, 0.05) is 23.3 Å². The van der Waals surface area contributed by atoms with Crippen molar-refractivity contribution in [2.75, 3.05) is 6.61 Å². The quantitative estimate of drug-likeness (QED) is 0.590. The van der Waals surface area contributed by atoms with Crippen molar-refractivity contribution in [2.24, 2.45) is 0 Å². The Morgan fingerprint density at radius 2 is 2.41 bits per heavy atom. The number of pyridine rings is 1. The van der Waals surface area contributed by atoms with Crippen molar-refractivity contribution in [2.45, 2.75) is 13.5 Å². The zero-order chi connectivity index (χ0) is 12.3. The Balaban J connectivity index is 2.40. The Hall–Kier alpha value is -2.17. The molecule has 2 heterocycles. The van der Waals surface area contributed by atoms with Crippen molar-refractivity contribution < 1.29 is 14.3 Å². The van der Waals surface area contributed by atoms with E-state index in [1.165, 1.54) is 0 Å². The summed E-state index contributed by atoms with van der Waals surface area (Å²) in [7, 11) is 0. The highest BCUT2D eigenvalue weighted by molar-refractivity contribution is 5.96. The molecule has 0 bridgehead atoms. The molecule has 2 aromatic rings. The monoisotopic (exact) mass is 232 g/mol. The van der Waals surface area contributed by atoms with Gasteiger partial charge in [-0.3, -0.25) is 9.59 Å². The largest absolute Gasteiger partial charge is 0.465 e. The molecule has 2 aromatic heterocycles. The first-order valence-electron chi connectivity index (χ1n) is 5.31. The first-order chi connectivity index (χ1) is 8.26. The van der Waals surface area contributed by atoms with Gasteiger partial charge in [-0.05, 0) is 19.1 Å². The number of aldehydes is 1. The van der Waals surface area contributed by atoms with Crippen molar-refractivity contribution in [3.05, 3.63) is 30.1 Å². The summed E-state index contributed by atoms with van der Waals surface area (Å²) in [6, 6.07) is 3.55. The van der Waals surface area contributed by atoms with E-state index in [4.69, 9.17) is 4.74 Å². The minimum atomic E-state index is -0.340. The lowest BCUT2D eigenvalue weighted by Crippen LogP contribution is -2.12. The molecular weight excluding hydrogens is 220 g/mol. The van der Waals surface area contributed by atoms with Gasteiger partial charge < -0.3 is 9.30 Å². The average molecular weight is 232 g/mol. The van der Waals surface area contributed by atoms with Gasteiger partial charge in [-0.2, -0.15) is 0 Å². The standard InChI is InChI=1S/C12H12N2O3/c1-2-17-11(16)7-14-6-9(8-15)10-4-3-5-13-12(10)14/h3-6,8H,2,7H2,1H3. The van der Waals surface area contributed by atoms with Crippen LogP contribution < -0.4 is 0 Å². The van der Waals surface area contributed by atoms with Crippen LogP contribution in [0, 0.1) is 0 Å². The topological polar surface area (TPSA) is 61.2 Å². The molecule has 0 aliphatic rings. The van der Waals surface area contributed by atoms with Gasteiger partial charge in [-0.1, -0.05) is 0 Å². The molecule has 5 heteroatoms. The number of esters is 1. The zero-order valence-corrected chi connectivity index (χ0v) is 9.42. The van der Waals surface area contributed by atoms with E-state index in [0.29, 0.717) is 17.8 Å². The van der Waals surface area contributed by atoms with Gasteiger partial charge in [0.2, 0.25) is 0 Å². The van der Waals surface area contributed by atoms with E-state index >= 15 is 0 Å². The minimum absolute atomic E-state index is 0.0647. The van der Waals surface area contributed by atoms with Gasteiger partial charge in [-0.15, -0.1) is 0 Å². The molecule has 0 radical (unpaired) electrons. The van der Waals surface area contributed by atoms with E-state index in [2.05, 4.69) is 4.98 Å². The molecule has 0 unspecified atom stereocenters. The molecule has 0 fully saturated rings. The molecule has 88 valence electrons. The van der Waals surface area contributed by atoms with Crippen LogP contribution in [-0.2, 0) is 16.1 Å². The van der Waals surface area contributed by atoms with Gasteiger partial charge >= 0.3 is 5.97 Å². The lowest BCUT2D eigenvalue weighted by atomic mass is 10.2. The second kappa shape index (κ2) is 4.78. The van der Waals surface area contributed by atoms with E-state index in [1.807, 2.05) is 0 Å². The predicted octanol–water partition coefficient (Wildman–Crippen LogP) is 1.41. The average Bonchev–Trinajstić information content (AvgIpc) is 2.68. The Bertz CT molecular complexity index is 560. The molecule has 0 atom stereocenters. The van der Waals surface area contributed by atoms with Crippen molar-refractivity contribution in [1.82, 2.24) is 9.55 Å². The second-order valence-corrected chi connectivity index (χ2v) is 3.51. The summed E-state index contributed by atoms with van der Waals surface area (Å²) < 4.78 is 6.48. The minimum Gasteiger partial charge on any atom is -0.465 e. The number of ether oxygens (including phenoxy) is 1. The Kier molecular flexibility index (Phi) is 3.18. The van der Waals surface area contributed by atoms with Crippen LogP contribution in [0.4, 0.5) is 0 Å². The number of hydrogen-bond donors (Lipinski definition) is 0. The van der Waals surface area contributed by atoms with Crippen LogP contribution in [0.5, 0.6) is 0 Å². The number of hydrogen-bond acceptors (Lipinski definition) is 4. The summed E-state index contributed by atoms with van der Waals surface area (Å²) >= 11 is 0. The molecule has 0 N–H and O–H groups in total. The third-order valence-corrected chi connectivity index (χ3v) is 2.40. The fourth-order valence-corrected chi connectivity index (χ4v) is 1.71. The highest BCUT2D eigenvalue weighted by Gasteiger charge is 2.11. The molecule has 2 rings (SSSR count). The van der Waals surface area contributed by atoms with Gasteiger partial charge in [-0.25, -0.2) is 4.98 Å². The first kappa shape index (κ1) is 11.3. The summed E-state index contributed by atoms with van der Waals surface area (Å²) in [6.07, 6.45) is 3.99. The molecule has 0 aliphatic carbocycles. The van der Waals surface area contributed by atoms with E-state index in [9.17, 15) is 9.59 Å². The van der Waals surface area contributed by atoms with Crippen molar-refractivity contribution in [3.63, 3.8) is 0 Å². The summed E-state index contributed by atoms with van der Waals surface area (Å²) in [4.78, 5) is 26.4. The smallest absolute Gasteiger partial charge is 0.325 e. The van der Waals surface area contributed by atoms with E-state index in [1.54, 1.807) is 36.0 Å². The van der Waals surface area contributed by atoms with Crippen molar-refractivity contribution in [1.29, 1.82) is 0 Å². The maximum absolute atomic E-state index is 11.4. The number of nitrogens with zero attached hydrogens (tertiary/aromatic N) is 2. The van der Waals surface area contributed by atoms with Crippen molar-refractivity contribution in [3.8, 4) is 0 Å². The fraction of sp³-hybridized carbons (Fsp3) is 0.250. The highest BCUT2D eigenvalue weighted by Crippen LogP contribution is 2.17. The molecular formula is C12H12N2O3. The Morgan fingerprint density at radius 3 is 3.12 bits per heavy atom. The zero-order valence-electron chi connectivity index (χ0n) is 9.42. The molecule has 0 saturated heterocycles. The maximum atomic E-state index is 11.4. The normalized spacial score (nSPS) is 10.4. The Morgan fingerprint density at radius 1 is 1.59 bits per heavy atom. The lowest BCUT2D eigenvalue weighted by molar-refractivity contribution is -0.143. The Labute approximate surface area is 98.0 Å². The van der Waals surface area contributed by atoms with Gasteiger partial charge in [0.1, 0.15) is 12.2 Å². The number of fused-ring (bicyclic) bond motifs is 1. The number of rotatable bonds is 4. The van der Waals surface area contributed by atoms with Crippen LogP contribution in [-0.4, -0.2) is 28.4 Å². The molecule has 0 aliphatic heterocycles. The van der Waals surface area contributed by atoms with E-state index < -0.39 is 0 Å². The number of carbonyl (C=O) groups is 2. The molecule has 0 saturated carbocycles. The SMILES string of the molecule is CCOC(=O)Cn1cc(C=O)c2cccnc21. The van der Waals surface area contributed by atoms with Gasteiger partial charge in [0.25, 0.3) is 0 Å². The number of aromatic nitrogens is 2. The highest BCUT2D eigenvalue weighted by atomic mass is 16.5. The van der Waals surface area contributed by atoms with Crippen LogP contribution in [0.1, 0.15) is 17.3 Å². The number of carbonyl (C=O) groups excluding carboxylic acids is 2. The second-order valence-electron chi connectivity index (χ2n) is 3.51. The summed E-state index contributed by atoms with van der Waals surface area (Å²) in [5.74, 6) is -0.340. The van der Waals surface area contributed by atoms with Crippen LogP contribution in [0.15, 0.2) is 24.5 Å². The van der Waals surface area contributed by atoms with Crippen LogP contribution in [0.3, 0.4) is 0 Å². The van der Waals surface area contributed by atoms with Crippen LogP contribution in [0.25, 0.3) is 11.0 Å². The van der Waals surface area contributed by atoms with E-state index in [-0.39, 0.29) is 12.5 Å². The van der Waals surface area contributed by atoms with Crippen molar-refractivity contribution >= 4 is 23.3 Å². The maximum Gasteiger partial charge on any atom is 0.325 e. The predicted molar refractivity (Wildman–Crippen MR) is 61.8 cm³/mol. The molecule has 0 spiro atoms. The molecule has 0 amide bonds. The lowest BCUT2D eigenvalue weighted by Gasteiger charge is -2.03. The van der Waals surface area contributed by atoms with Crippen LogP contribution in [0.2, 0.25) is 0 Å². The molecule has 0 aromatic carbocycles. The molecule has 5 nitrogen and oxygen atoms in total. The van der Waals surface area contributed by atoms with E-state index in [0.717, 1.165) is 11.7 Å². The fourth-order valence-electron chi connectivity index (χ4n) is 1.71. The van der Waals surface area contributed by atoms with Gasteiger partial charge in [0.15, 0.2) is 6.29 Å². The molecule has 17 heavy (non-hydrogen) atoms. The third kappa shape index (κ3) is 2.18. The first-order valence-corrected chi connectivity index (χ1v) is 5.31. The summed E-state index contributed by atoms with van der Waals surface area (Å²) in [5.41, 5.74) is 1.14. The summed E-state index contributed by atoms with van der Waals surface area (Å²) in [5, 5.41) is 0.742. The van der Waals surface area contributed by atoms with Crippen LogP contribution >= 0.6 is 0 Å². The summed E-state index contributed by atoms with van der Waals surface area (Å²) in [6.45, 7) is 2.15. The van der Waals surface area contributed by atoms with Gasteiger partial charge in [0.05, 0.1) is 6.61 Å². The third-order valence-electron chi connectivity index (χ3n) is 2.40.